The molecule has 0 radical (unpaired) electrons. The van der Waals surface area contributed by atoms with Gasteiger partial charge in [-0.15, -0.1) is 0 Å². The van der Waals surface area contributed by atoms with Gasteiger partial charge in [0.2, 0.25) is 0 Å². The van der Waals surface area contributed by atoms with Gasteiger partial charge >= 0.3 is 12.1 Å². The van der Waals surface area contributed by atoms with Crippen LogP contribution in [0, 0.1) is 6.92 Å². The lowest BCUT2D eigenvalue weighted by atomic mass is 9.93. The number of benzene rings is 2. The number of amides is 5. The van der Waals surface area contributed by atoms with Crippen LogP contribution in [0.5, 0.6) is 0 Å². The number of rotatable bonds is 6. The van der Waals surface area contributed by atoms with Crippen molar-refractivity contribution in [3.8, 4) is 0 Å². The van der Waals surface area contributed by atoms with Gasteiger partial charge in [0.25, 0.3) is 15.9 Å². The van der Waals surface area contributed by atoms with Crippen LogP contribution in [-0.2, 0) is 21.2 Å². The molecule has 0 saturated carbocycles. The molecule has 1 unspecified atom stereocenters. The maximum Gasteiger partial charge on any atom is 0.348 e. The average Bonchev–Trinajstić information content (AvgIpc) is 2.90. The zero-order valence-electron chi connectivity index (χ0n) is 16.5. The molecule has 3 N–H and O–H groups in total. The highest BCUT2D eigenvalue weighted by atomic mass is 32.2. The Morgan fingerprint density at radius 1 is 1.07 bits per heavy atom. The van der Waals surface area contributed by atoms with Crippen LogP contribution >= 0.6 is 0 Å². The van der Waals surface area contributed by atoms with Crippen molar-refractivity contribution in [3.63, 3.8) is 0 Å². The number of sulfonamides is 1. The molecule has 1 heterocycles. The van der Waals surface area contributed by atoms with E-state index in [0.717, 1.165) is 11.1 Å². The first-order chi connectivity index (χ1) is 14.1. The Hall–Kier alpha value is -3.40. The third-order valence-corrected chi connectivity index (χ3v) is 6.14. The summed E-state index contributed by atoms with van der Waals surface area (Å²) < 4.78 is 26.4. The molecule has 3 rings (SSSR count). The van der Waals surface area contributed by atoms with Gasteiger partial charge in [-0.2, -0.15) is 5.01 Å². The standard InChI is InChI=1S/C20H22N4O5S/c1-14-8-10-16(11-9-14)30(28,29)23-18(26)22-24-17(25)20(2,21-19(24)27)13-12-15-6-4-3-5-7-15/h3-11H,12-13H2,1-2H3,(H,21,27)(H2,22,23,26). The number of imide groups is 1. The molecule has 0 spiro atoms. The molecule has 10 heteroatoms. The van der Waals surface area contributed by atoms with E-state index in [9.17, 15) is 22.8 Å². The fourth-order valence-corrected chi connectivity index (χ4v) is 3.92. The van der Waals surface area contributed by atoms with Crippen molar-refractivity contribution >= 4 is 28.0 Å². The number of carbonyl (C=O) groups is 3. The molecule has 2 aromatic carbocycles. The Balaban J connectivity index is 1.64. The van der Waals surface area contributed by atoms with Gasteiger partial charge in [0.1, 0.15) is 5.54 Å². The largest absolute Gasteiger partial charge is 0.348 e. The molecule has 0 bridgehead atoms. The van der Waals surface area contributed by atoms with Gasteiger partial charge in [-0.25, -0.2) is 28.2 Å². The summed E-state index contributed by atoms with van der Waals surface area (Å²) >= 11 is 0. The van der Waals surface area contributed by atoms with E-state index in [0.29, 0.717) is 17.9 Å². The lowest BCUT2D eigenvalue weighted by molar-refractivity contribution is -0.132. The third-order valence-electron chi connectivity index (χ3n) is 4.79. The molecule has 1 fully saturated rings. The van der Waals surface area contributed by atoms with Gasteiger partial charge in [0.15, 0.2) is 0 Å². The molecule has 1 aliphatic heterocycles. The van der Waals surface area contributed by atoms with Crippen LogP contribution in [0.4, 0.5) is 9.59 Å². The number of hydrogen-bond acceptors (Lipinski definition) is 5. The minimum Gasteiger partial charge on any atom is -0.322 e. The smallest absolute Gasteiger partial charge is 0.322 e. The van der Waals surface area contributed by atoms with E-state index < -0.39 is 33.5 Å². The van der Waals surface area contributed by atoms with Crippen LogP contribution in [0.2, 0.25) is 0 Å². The lowest BCUT2D eigenvalue weighted by Crippen LogP contribution is -2.52. The minimum atomic E-state index is -4.16. The van der Waals surface area contributed by atoms with Crippen LogP contribution in [0.25, 0.3) is 0 Å². The van der Waals surface area contributed by atoms with Crippen molar-refractivity contribution in [1.82, 2.24) is 20.5 Å². The molecular weight excluding hydrogens is 408 g/mol. The van der Waals surface area contributed by atoms with E-state index in [1.54, 1.807) is 30.7 Å². The summed E-state index contributed by atoms with van der Waals surface area (Å²) in [6.45, 7) is 3.35. The summed E-state index contributed by atoms with van der Waals surface area (Å²) in [4.78, 5) is 37.0. The van der Waals surface area contributed by atoms with Crippen molar-refractivity contribution in [2.75, 3.05) is 0 Å². The Morgan fingerprint density at radius 3 is 2.33 bits per heavy atom. The summed E-state index contributed by atoms with van der Waals surface area (Å²) in [6.07, 6.45) is 0.842. The second-order valence-corrected chi connectivity index (χ2v) is 8.93. The number of carbonyl (C=O) groups excluding carboxylic acids is 3. The average molecular weight is 430 g/mol. The molecule has 1 atom stereocenters. The van der Waals surface area contributed by atoms with Gasteiger partial charge in [0, 0.05) is 0 Å². The number of nitrogens with zero attached hydrogens (tertiary/aromatic N) is 1. The highest BCUT2D eigenvalue weighted by Gasteiger charge is 2.48. The third kappa shape index (κ3) is 4.60. The van der Waals surface area contributed by atoms with Crippen molar-refractivity contribution in [1.29, 1.82) is 0 Å². The zero-order chi connectivity index (χ0) is 21.9. The number of nitrogens with one attached hydrogen (secondary N) is 3. The van der Waals surface area contributed by atoms with E-state index in [-0.39, 0.29) is 4.90 Å². The van der Waals surface area contributed by atoms with Gasteiger partial charge in [0.05, 0.1) is 4.90 Å². The quantitative estimate of drug-likeness (QED) is 0.603. The predicted molar refractivity (Wildman–Crippen MR) is 109 cm³/mol. The SMILES string of the molecule is Cc1ccc(S(=O)(=O)NC(=O)NN2C(=O)NC(C)(CCc3ccccc3)C2=O)cc1. The van der Waals surface area contributed by atoms with E-state index in [1.807, 2.05) is 35.8 Å². The Morgan fingerprint density at radius 2 is 1.70 bits per heavy atom. The van der Waals surface area contributed by atoms with Crippen LogP contribution < -0.4 is 15.5 Å². The molecule has 2 aromatic rings. The second-order valence-electron chi connectivity index (χ2n) is 7.25. The molecule has 30 heavy (non-hydrogen) atoms. The van der Waals surface area contributed by atoms with Gasteiger partial charge in [-0.05, 0) is 44.4 Å². The summed E-state index contributed by atoms with van der Waals surface area (Å²) in [6, 6.07) is 13.3. The highest BCUT2D eigenvalue weighted by Crippen LogP contribution is 2.22. The molecule has 158 valence electrons. The maximum absolute atomic E-state index is 12.7. The summed E-state index contributed by atoms with van der Waals surface area (Å²) in [5.74, 6) is -0.675. The molecule has 5 amide bonds. The van der Waals surface area contributed by atoms with Crippen molar-refractivity contribution in [2.24, 2.45) is 0 Å². The molecule has 1 aliphatic rings. The highest BCUT2D eigenvalue weighted by molar-refractivity contribution is 7.90. The van der Waals surface area contributed by atoms with Gasteiger partial charge in [-0.1, -0.05) is 48.0 Å². The van der Waals surface area contributed by atoms with Crippen LogP contribution in [0.15, 0.2) is 59.5 Å². The summed E-state index contributed by atoms with van der Waals surface area (Å²) in [7, 11) is -4.16. The van der Waals surface area contributed by atoms with Crippen molar-refractivity contribution in [2.45, 2.75) is 37.1 Å². The van der Waals surface area contributed by atoms with Gasteiger partial charge < -0.3 is 5.32 Å². The summed E-state index contributed by atoms with van der Waals surface area (Å²) in [5, 5.41) is 3.04. The summed E-state index contributed by atoms with van der Waals surface area (Å²) in [5.41, 5.74) is 2.63. The molecule has 1 saturated heterocycles. The Labute approximate surface area is 174 Å². The van der Waals surface area contributed by atoms with E-state index in [2.05, 4.69) is 5.32 Å². The topological polar surface area (TPSA) is 125 Å². The maximum atomic E-state index is 12.7. The monoisotopic (exact) mass is 430 g/mol. The van der Waals surface area contributed by atoms with Crippen LogP contribution in [0.1, 0.15) is 24.5 Å². The van der Waals surface area contributed by atoms with Crippen molar-refractivity contribution in [3.05, 3.63) is 65.7 Å². The van der Waals surface area contributed by atoms with E-state index in [1.165, 1.54) is 12.1 Å². The van der Waals surface area contributed by atoms with E-state index in [4.69, 9.17) is 0 Å². The molecule has 9 nitrogen and oxygen atoms in total. The molecular formula is C20H22N4O5S. The molecule has 0 aliphatic carbocycles. The Kier molecular flexibility index (Phi) is 5.79. The Bertz CT molecular complexity index is 1070. The molecule has 0 aromatic heterocycles. The lowest BCUT2D eigenvalue weighted by Gasteiger charge is -2.21. The normalized spacial score (nSPS) is 18.8. The second kappa shape index (κ2) is 8.15. The minimum absolute atomic E-state index is 0.117. The number of aryl methyl sites for hydroxylation is 2. The predicted octanol–water partition coefficient (Wildman–Crippen LogP) is 1.84. The van der Waals surface area contributed by atoms with Gasteiger partial charge in [-0.3, -0.25) is 4.79 Å². The van der Waals surface area contributed by atoms with Crippen LogP contribution in [0.3, 0.4) is 0 Å². The van der Waals surface area contributed by atoms with Crippen LogP contribution in [-0.4, -0.2) is 36.9 Å². The van der Waals surface area contributed by atoms with E-state index >= 15 is 0 Å². The fourth-order valence-electron chi connectivity index (χ4n) is 3.02. The first-order valence-corrected chi connectivity index (χ1v) is 10.7. The van der Waals surface area contributed by atoms with Crippen molar-refractivity contribution < 1.29 is 22.8 Å². The number of hydrogen-bond donors (Lipinski definition) is 3. The first kappa shape index (κ1) is 21.3. The first-order valence-electron chi connectivity index (χ1n) is 9.21. The zero-order valence-corrected chi connectivity index (χ0v) is 17.3. The number of urea groups is 2. The fraction of sp³-hybridized carbons (Fsp3) is 0.250. The number of hydrazine groups is 1.